The molecule has 0 fully saturated rings. The van der Waals surface area contributed by atoms with Gasteiger partial charge in [0.25, 0.3) is 0 Å². The lowest BCUT2D eigenvalue weighted by atomic mass is 10.2. The van der Waals surface area contributed by atoms with Gasteiger partial charge in [-0.3, -0.25) is 4.68 Å². The summed E-state index contributed by atoms with van der Waals surface area (Å²) in [5.74, 6) is 0.748. The van der Waals surface area contributed by atoms with E-state index in [2.05, 4.69) is 20.1 Å². The van der Waals surface area contributed by atoms with Crippen molar-refractivity contribution >= 4 is 17.0 Å². The van der Waals surface area contributed by atoms with Crippen molar-refractivity contribution < 1.29 is 14.3 Å². The Morgan fingerprint density at radius 1 is 1.25 bits per heavy atom. The fourth-order valence-electron chi connectivity index (χ4n) is 2.38. The number of aryl methyl sites for hydroxylation is 3. The topological polar surface area (TPSA) is 92.0 Å². The quantitative estimate of drug-likeness (QED) is 0.679. The Bertz CT molecular complexity index is 899. The van der Waals surface area contributed by atoms with E-state index in [1.54, 1.807) is 37.8 Å². The van der Waals surface area contributed by atoms with Gasteiger partial charge in [0.2, 0.25) is 5.88 Å². The lowest BCUT2D eigenvalue weighted by Crippen LogP contribution is -2.08. The van der Waals surface area contributed by atoms with E-state index >= 15 is 0 Å². The van der Waals surface area contributed by atoms with Crippen molar-refractivity contribution in [3.8, 4) is 11.6 Å². The van der Waals surface area contributed by atoms with Crippen LogP contribution in [0, 0.1) is 13.8 Å². The number of aromatic nitrogens is 5. The van der Waals surface area contributed by atoms with Crippen molar-refractivity contribution in [1.82, 2.24) is 24.7 Å². The predicted octanol–water partition coefficient (Wildman–Crippen LogP) is 2.34. The van der Waals surface area contributed by atoms with Crippen molar-refractivity contribution in [2.75, 3.05) is 6.61 Å². The Labute approximate surface area is 138 Å². The summed E-state index contributed by atoms with van der Waals surface area (Å²) in [7, 11) is 1.77. The number of pyridine rings is 1. The highest BCUT2D eigenvalue weighted by Crippen LogP contribution is 2.32. The first-order valence-corrected chi connectivity index (χ1v) is 7.47. The molecule has 0 aromatic carbocycles. The second-order valence-corrected chi connectivity index (χ2v) is 5.22. The maximum atomic E-state index is 12.2. The molecule has 3 aromatic heterocycles. The van der Waals surface area contributed by atoms with Crippen LogP contribution < -0.4 is 4.74 Å². The fraction of sp³-hybridized carbons (Fsp3) is 0.312. The van der Waals surface area contributed by atoms with Gasteiger partial charge < -0.3 is 9.47 Å². The number of hydrogen-bond donors (Lipinski definition) is 0. The van der Waals surface area contributed by atoms with Crippen LogP contribution in [0.5, 0.6) is 11.6 Å². The number of fused-ring (bicyclic) bond motifs is 1. The van der Waals surface area contributed by atoms with Crippen molar-refractivity contribution in [3.63, 3.8) is 0 Å². The fourth-order valence-corrected chi connectivity index (χ4v) is 2.38. The zero-order valence-corrected chi connectivity index (χ0v) is 13.9. The molecule has 0 spiro atoms. The van der Waals surface area contributed by atoms with Gasteiger partial charge in [0.15, 0.2) is 11.4 Å². The third-order valence-corrected chi connectivity index (χ3v) is 3.36. The van der Waals surface area contributed by atoms with E-state index in [1.165, 1.54) is 6.20 Å². The van der Waals surface area contributed by atoms with E-state index < -0.39 is 5.97 Å². The summed E-state index contributed by atoms with van der Waals surface area (Å²) < 4.78 is 12.6. The Hall–Kier alpha value is -3.03. The summed E-state index contributed by atoms with van der Waals surface area (Å²) in [5, 5.41) is 4.78. The van der Waals surface area contributed by atoms with E-state index in [-0.39, 0.29) is 12.2 Å². The minimum atomic E-state index is -0.506. The standard InChI is InChI=1S/C16H17N5O3/c1-5-23-16(22)12-7-17-15-11(8-18-21(15)4)14(12)24-13-6-9(2)19-10(3)20-13/h6-8H,5H2,1-4H3. The molecule has 0 aliphatic rings. The summed E-state index contributed by atoms with van der Waals surface area (Å²) in [6.45, 7) is 5.62. The maximum Gasteiger partial charge on any atom is 0.343 e. The zero-order chi connectivity index (χ0) is 17.3. The minimum absolute atomic E-state index is 0.228. The van der Waals surface area contributed by atoms with Crippen molar-refractivity contribution in [2.24, 2.45) is 7.05 Å². The monoisotopic (exact) mass is 327 g/mol. The minimum Gasteiger partial charge on any atom is -0.462 e. The smallest absolute Gasteiger partial charge is 0.343 e. The van der Waals surface area contributed by atoms with Crippen LogP contribution in [-0.4, -0.2) is 37.3 Å². The SMILES string of the molecule is CCOC(=O)c1cnc2c(cnn2C)c1Oc1cc(C)nc(C)n1. The van der Waals surface area contributed by atoms with Gasteiger partial charge in [0, 0.05) is 25.0 Å². The van der Waals surface area contributed by atoms with E-state index in [4.69, 9.17) is 9.47 Å². The molecule has 0 N–H and O–H groups in total. The first kappa shape index (κ1) is 15.9. The van der Waals surface area contributed by atoms with Crippen LogP contribution in [-0.2, 0) is 11.8 Å². The molecule has 8 heteroatoms. The average molecular weight is 327 g/mol. The molecule has 0 saturated carbocycles. The van der Waals surface area contributed by atoms with Gasteiger partial charge in [-0.05, 0) is 20.8 Å². The number of nitrogens with zero attached hydrogens (tertiary/aromatic N) is 5. The molecule has 0 atom stereocenters. The van der Waals surface area contributed by atoms with Crippen LogP contribution in [0.4, 0.5) is 0 Å². The highest BCUT2D eigenvalue weighted by Gasteiger charge is 2.21. The number of carbonyl (C=O) groups excluding carboxylic acids is 1. The summed E-state index contributed by atoms with van der Waals surface area (Å²) in [4.78, 5) is 25.0. The second-order valence-electron chi connectivity index (χ2n) is 5.22. The van der Waals surface area contributed by atoms with E-state index in [9.17, 15) is 4.79 Å². The summed E-state index contributed by atoms with van der Waals surface area (Å²) >= 11 is 0. The van der Waals surface area contributed by atoms with Gasteiger partial charge in [-0.2, -0.15) is 10.1 Å². The third kappa shape index (κ3) is 2.90. The zero-order valence-electron chi connectivity index (χ0n) is 13.9. The Kier molecular flexibility index (Phi) is 4.11. The third-order valence-electron chi connectivity index (χ3n) is 3.36. The molecule has 24 heavy (non-hydrogen) atoms. The molecule has 0 saturated heterocycles. The molecule has 3 rings (SSSR count). The molecule has 0 aliphatic carbocycles. The molecule has 0 bridgehead atoms. The summed E-state index contributed by atoms with van der Waals surface area (Å²) in [5.41, 5.74) is 1.60. The van der Waals surface area contributed by atoms with Gasteiger partial charge in [0.05, 0.1) is 18.2 Å². The van der Waals surface area contributed by atoms with Crippen LogP contribution in [0.1, 0.15) is 28.8 Å². The number of esters is 1. The molecular formula is C16H17N5O3. The Morgan fingerprint density at radius 2 is 2.04 bits per heavy atom. The van der Waals surface area contributed by atoms with Gasteiger partial charge >= 0.3 is 5.97 Å². The molecule has 124 valence electrons. The van der Waals surface area contributed by atoms with Gasteiger partial charge in [0.1, 0.15) is 11.4 Å². The summed E-state index contributed by atoms with van der Waals surface area (Å²) in [6, 6.07) is 1.70. The molecule has 3 heterocycles. The number of carbonyl (C=O) groups is 1. The Balaban J connectivity index is 2.15. The highest BCUT2D eigenvalue weighted by atomic mass is 16.5. The normalized spacial score (nSPS) is 10.8. The van der Waals surface area contributed by atoms with E-state index in [0.717, 1.165) is 5.69 Å². The Morgan fingerprint density at radius 3 is 2.75 bits per heavy atom. The van der Waals surface area contributed by atoms with E-state index in [1.807, 2.05) is 6.92 Å². The molecular weight excluding hydrogens is 310 g/mol. The lowest BCUT2D eigenvalue weighted by Gasteiger charge is -2.11. The number of ether oxygens (including phenoxy) is 2. The van der Waals surface area contributed by atoms with E-state index in [0.29, 0.717) is 28.5 Å². The molecule has 0 unspecified atom stereocenters. The van der Waals surface area contributed by atoms with Gasteiger partial charge in [-0.15, -0.1) is 0 Å². The van der Waals surface area contributed by atoms with Gasteiger partial charge in [-0.1, -0.05) is 0 Å². The lowest BCUT2D eigenvalue weighted by molar-refractivity contribution is 0.0523. The van der Waals surface area contributed by atoms with Crippen LogP contribution in [0.15, 0.2) is 18.5 Å². The summed E-state index contributed by atoms with van der Waals surface area (Å²) in [6.07, 6.45) is 3.03. The predicted molar refractivity (Wildman–Crippen MR) is 86.0 cm³/mol. The second kappa shape index (κ2) is 6.23. The highest BCUT2D eigenvalue weighted by molar-refractivity contribution is 5.99. The first-order valence-electron chi connectivity index (χ1n) is 7.47. The van der Waals surface area contributed by atoms with Crippen LogP contribution in [0.25, 0.3) is 11.0 Å². The maximum absolute atomic E-state index is 12.2. The average Bonchev–Trinajstić information content (AvgIpc) is 2.89. The van der Waals surface area contributed by atoms with Crippen molar-refractivity contribution in [3.05, 3.63) is 35.5 Å². The molecule has 0 amide bonds. The van der Waals surface area contributed by atoms with Crippen molar-refractivity contribution in [1.29, 1.82) is 0 Å². The van der Waals surface area contributed by atoms with Crippen LogP contribution in [0.3, 0.4) is 0 Å². The number of hydrogen-bond acceptors (Lipinski definition) is 7. The number of rotatable bonds is 4. The molecule has 0 radical (unpaired) electrons. The van der Waals surface area contributed by atoms with Gasteiger partial charge in [-0.25, -0.2) is 14.8 Å². The van der Waals surface area contributed by atoms with Crippen LogP contribution in [0.2, 0.25) is 0 Å². The first-order chi connectivity index (χ1) is 11.5. The molecule has 8 nitrogen and oxygen atoms in total. The molecule has 0 aliphatic heterocycles. The molecule has 3 aromatic rings. The largest absolute Gasteiger partial charge is 0.462 e. The van der Waals surface area contributed by atoms with Crippen LogP contribution >= 0.6 is 0 Å². The van der Waals surface area contributed by atoms with Crippen molar-refractivity contribution in [2.45, 2.75) is 20.8 Å².